The van der Waals surface area contributed by atoms with E-state index in [9.17, 15) is 9.50 Å². The number of benzene rings is 2. The van der Waals surface area contributed by atoms with Gasteiger partial charge in [-0.3, -0.25) is 0 Å². The van der Waals surface area contributed by atoms with Crippen LogP contribution in [-0.2, 0) is 0 Å². The van der Waals surface area contributed by atoms with Crippen molar-refractivity contribution in [3.05, 3.63) is 67.9 Å². The van der Waals surface area contributed by atoms with Crippen LogP contribution in [-0.4, -0.2) is 5.11 Å². The second kappa shape index (κ2) is 5.61. The fourth-order valence-corrected chi connectivity index (χ4v) is 2.41. The Hall–Kier alpha value is -0.900. The Bertz CT molecular complexity index is 628. The number of halogens is 3. The molecule has 0 fully saturated rings. The van der Waals surface area contributed by atoms with E-state index in [0.717, 1.165) is 15.6 Å². The minimum atomic E-state index is -0.862. The Labute approximate surface area is 125 Å². The van der Waals surface area contributed by atoms with E-state index >= 15 is 0 Å². The highest BCUT2D eigenvalue weighted by Crippen LogP contribution is 2.31. The van der Waals surface area contributed by atoms with Crippen LogP contribution in [0.4, 0.5) is 4.39 Å². The number of rotatable bonds is 2. The lowest BCUT2D eigenvalue weighted by Gasteiger charge is -2.15. The molecule has 1 atom stereocenters. The first kappa shape index (κ1) is 14.5. The molecule has 2 aromatic rings. The fraction of sp³-hybridized carbons (Fsp3) is 0.200. The fourth-order valence-electron chi connectivity index (χ4n) is 1.91. The van der Waals surface area contributed by atoms with E-state index in [4.69, 9.17) is 11.6 Å². The van der Waals surface area contributed by atoms with Crippen LogP contribution in [0.25, 0.3) is 0 Å². The van der Waals surface area contributed by atoms with Crippen molar-refractivity contribution in [1.82, 2.24) is 0 Å². The van der Waals surface area contributed by atoms with Crippen molar-refractivity contribution in [1.29, 1.82) is 0 Å². The summed E-state index contributed by atoms with van der Waals surface area (Å²) in [5, 5.41) is 10.6. The third-order valence-corrected chi connectivity index (χ3v) is 4.29. The van der Waals surface area contributed by atoms with Gasteiger partial charge in [-0.15, -0.1) is 0 Å². The molecule has 4 heteroatoms. The van der Waals surface area contributed by atoms with Crippen LogP contribution in [0, 0.1) is 19.7 Å². The van der Waals surface area contributed by atoms with Gasteiger partial charge < -0.3 is 5.11 Å². The third-order valence-electron chi connectivity index (χ3n) is 3.07. The zero-order valence-corrected chi connectivity index (χ0v) is 12.9. The molecule has 0 aliphatic carbocycles. The van der Waals surface area contributed by atoms with E-state index in [1.807, 2.05) is 25.1 Å². The molecule has 0 spiro atoms. The summed E-state index contributed by atoms with van der Waals surface area (Å²) >= 11 is 9.42. The molecule has 0 amide bonds. The molecule has 1 unspecified atom stereocenters. The van der Waals surface area contributed by atoms with Gasteiger partial charge in [0, 0.05) is 15.1 Å². The topological polar surface area (TPSA) is 20.2 Å². The van der Waals surface area contributed by atoms with Crippen LogP contribution >= 0.6 is 27.5 Å². The average molecular weight is 344 g/mol. The minimum absolute atomic E-state index is 0.233. The van der Waals surface area contributed by atoms with Gasteiger partial charge >= 0.3 is 0 Å². The SMILES string of the molecule is Cc1cc(C(O)c2ccc(Br)c(C)c2)c(Cl)cc1F. The van der Waals surface area contributed by atoms with Gasteiger partial charge in [0.15, 0.2) is 0 Å². The van der Waals surface area contributed by atoms with Gasteiger partial charge in [0.25, 0.3) is 0 Å². The van der Waals surface area contributed by atoms with Crippen LogP contribution in [0.2, 0.25) is 5.02 Å². The largest absolute Gasteiger partial charge is 0.384 e. The monoisotopic (exact) mass is 342 g/mol. The van der Waals surface area contributed by atoms with E-state index in [1.165, 1.54) is 6.07 Å². The van der Waals surface area contributed by atoms with Crippen LogP contribution in [0.1, 0.15) is 28.4 Å². The quantitative estimate of drug-likeness (QED) is 0.819. The van der Waals surface area contributed by atoms with Crippen molar-refractivity contribution in [3.63, 3.8) is 0 Å². The summed E-state index contributed by atoms with van der Waals surface area (Å²) in [5.41, 5.74) is 2.73. The van der Waals surface area contributed by atoms with Crippen LogP contribution < -0.4 is 0 Å². The van der Waals surface area contributed by atoms with E-state index in [0.29, 0.717) is 11.1 Å². The number of aryl methyl sites for hydroxylation is 2. The maximum Gasteiger partial charge on any atom is 0.127 e. The number of hydrogen-bond acceptors (Lipinski definition) is 1. The first-order valence-electron chi connectivity index (χ1n) is 5.80. The maximum absolute atomic E-state index is 13.4. The molecule has 0 radical (unpaired) electrons. The number of aliphatic hydroxyl groups excluding tert-OH is 1. The molecule has 1 N–H and O–H groups in total. The van der Waals surface area contributed by atoms with Gasteiger partial charge in [-0.05, 0) is 48.7 Å². The summed E-state index contributed by atoms with van der Waals surface area (Å²) in [6.45, 7) is 3.59. The van der Waals surface area contributed by atoms with Gasteiger partial charge in [-0.25, -0.2) is 4.39 Å². The lowest BCUT2D eigenvalue weighted by Crippen LogP contribution is -2.02. The van der Waals surface area contributed by atoms with Crippen LogP contribution in [0.3, 0.4) is 0 Å². The molecule has 0 aliphatic rings. The van der Waals surface area contributed by atoms with E-state index in [-0.39, 0.29) is 10.8 Å². The molecular formula is C15H13BrClFO. The lowest BCUT2D eigenvalue weighted by molar-refractivity contribution is 0.220. The predicted octanol–water partition coefficient (Wildman–Crippen LogP) is 4.94. The van der Waals surface area contributed by atoms with Crippen molar-refractivity contribution >= 4 is 27.5 Å². The van der Waals surface area contributed by atoms with Gasteiger partial charge in [-0.1, -0.05) is 39.7 Å². The van der Waals surface area contributed by atoms with E-state index < -0.39 is 6.10 Å². The van der Waals surface area contributed by atoms with Crippen LogP contribution in [0.5, 0.6) is 0 Å². The van der Waals surface area contributed by atoms with Gasteiger partial charge in [-0.2, -0.15) is 0 Å². The second-order valence-electron chi connectivity index (χ2n) is 4.53. The summed E-state index contributed by atoms with van der Waals surface area (Å²) in [6.07, 6.45) is -0.862. The molecule has 0 aliphatic heterocycles. The lowest BCUT2D eigenvalue weighted by atomic mass is 9.98. The van der Waals surface area contributed by atoms with Crippen molar-refractivity contribution in [3.8, 4) is 0 Å². The first-order valence-corrected chi connectivity index (χ1v) is 6.97. The van der Waals surface area contributed by atoms with Crippen molar-refractivity contribution in [2.45, 2.75) is 20.0 Å². The average Bonchev–Trinajstić information content (AvgIpc) is 2.36. The van der Waals surface area contributed by atoms with Crippen LogP contribution in [0.15, 0.2) is 34.8 Å². The highest BCUT2D eigenvalue weighted by atomic mass is 79.9. The van der Waals surface area contributed by atoms with E-state index in [2.05, 4.69) is 15.9 Å². The number of hydrogen-bond donors (Lipinski definition) is 1. The third kappa shape index (κ3) is 2.99. The summed E-state index contributed by atoms with van der Waals surface area (Å²) in [5.74, 6) is -0.368. The van der Waals surface area contributed by atoms with E-state index in [1.54, 1.807) is 13.0 Å². The molecule has 0 aromatic heterocycles. The zero-order valence-electron chi connectivity index (χ0n) is 10.5. The molecule has 2 rings (SSSR count). The second-order valence-corrected chi connectivity index (χ2v) is 5.80. The van der Waals surface area contributed by atoms with Gasteiger partial charge in [0.05, 0.1) is 0 Å². The molecule has 0 heterocycles. The van der Waals surface area contributed by atoms with Crippen molar-refractivity contribution in [2.75, 3.05) is 0 Å². The predicted molar refractivity (Wildman–Crippen MR) is 79.1 cm³/mol. The highest BCUT2D eigenvalue weighted by Gasteiger charge is 2.16. The minimum Gasteiger partial charge on any atom is -0.384 e. The van der Waals surface area contributed by atoms with Crippen molar-refractivity contribution < 1.29 is 9.50 Å². The molecule has 2 aromatic carbocycles. The highest BCUT2D eigenvalue weighted by molar-refractivity contribution is 9.10. The Balaban J connectivity index is 2.46. The summed E-state index contributed by atoms with van der Waals surface area (Å²) in [4.78, 5) is 0. The molecule has 19 heavy (non-hydrogen) atoms. The Morgan fingerprint density at radius 2 is 1.84 bits per heavy atom. The Morgan fingerprint density at radius 1 is 1.16 bits per heavy atom. The summed E-state index contributed by atoms with van der Waals surface area (Å²) < 4.78 is 14.3. The smallest absolute Gasteiger partial charge is 0.127 e. The summed E-state index contributed by atoms with van der Waals surface area (Å²) in [7, 11) is 0. The van der Waals surface area contributed by atoms with Gasteiger partial charge in [0.2, 0.25) is 0 Å². The standard InChI is InChI=1S/C15H13BrClFO/c1-8-5-10(3-4-12(8)16)15(19)11-6-9(2)14(18)7-13(11)17/h3-7,15,19H,1-2H3. The molecule has 0 saturated heterocycles. The Kier molecular flexibility index (Phi) is 4.29. The summed E-state index contributed by atoms with van der Waals surface area (Å²) in [6, 6.07) is 8.39. The molecule has 1 nitrogen and oxygen atoms in total. The zero-order chi connectivity index (χ0) is 14.2. The molecular weight excluding hydrogens is 331 g/mol. The van der Waals surface area contributed by atoms with Gasteiger partial charge in [0.1, 0.15) is 11.9 Å². The molecule has 100 valence electrons. The maximum atomic E-state index is 13.4. The molecule has 0 bridgehead atoms. The Morgan fingerprint density at radius 3 is 2.47 bits per heavy atom. The van der Waals surface area contributed by atoms with Crippen molar-refractivity contribution in [2.24, 2.45) is 0 Å². The first-order chi connectivity index (χ1) is 8.90. The number of aliphatic hydroxyl groups is 1. The normalized spacial score (nSPS) is 12.5. The molecule has 0 saturated carbocycles.